The number of H-pyrrole nitrogens is 1. The van der Waals surface area contributed by atoms with Gasteiger partial charge in [0.25, 0.3) is 0 Å². The molecule has 2 aromatic rings. The van der Waals surface area contributed by atoms with Gasteiger partial charge in [0, 0.05) is 13.0 Å². The van der Waals surface area contributed by atoms with E-state index in [1.54, 1.807) is 23.1 Å². The molecule has 2 heterocycles. The molecule has 1 atom stereocenters. The van der Waals surface area contributed by atoms with Crippen LogP contribution in [0.1, 0.15) is 6.42 Å². The number of carbonyl (C=O) groups is 1. The van der Waals surface area contributed by atoms with Crippen molar-refractivity contribution in [1.29, 1.82) is 0 Å². The number of aromatic amines is 1. The van der Waals surface area contributed by atoms with Crippen LogP contribution >= 0.6 is 0 Å². The van der Waals surface area contributed by atoms with E-state index in [9.17, 15) is 9.59 Å². The lowest BCUT2D eigenvalue weighted by atomic mass is 10.1. The number of nitrogens with one attached hydrogen (secondary N) is 1. The molecule has 1 amide bonds. The average molecular weight is 247 g/mol. The molecule has 3 N–H and O–H groups in total. The van der Waals surface area contributed by atoms with Crippen molar-refractivity contribution in [2.45, 2.75) is 6.42 Å². The molecule has 94 valence electrons. The standard InChI is InChI=1S/C12H13N3O3/c13-5-7-4-10(16)15(6-7)9-3-1-2-8-11(9)18-12(17)14-8/h1-3,7H,4-6,13H2,(H,14,17). The molecule has 1 fully saturated rings. The van der Waals surface area contributed by atoms with E-state index in [1.165, 1.54) is 0 Å². The molecule has 0 aliphatic carbocycles. The van der Waals surface area contributed by atoms with Gasteiger partial charge in [0.05, 0.1) is 11.2 Å². The van der Waals surface area contributed by atoms with Crippen molar-refractivity contribution in [3.63, 3.8) is 0 Å². The van der Waals surface area contributed by atoms with Crippen LogP contribution in [0.4, 0.5) is 5.69 Å². The quantitative estimate of drug-likeness (QED) is 0.805. The summed E-state index contributed by atoms with van der Waals surface area (Å²) in [6.07, 6.45) is 0.446. The van der Waals surface area contributed by atoms with Crippen LogP contribution in [0.15, 0.2) is 27.4 Å². The summed E-state index contributed by atoms with van der Waals surface area (Å²) in [5.41, 5.74) is 7.25. The van der Waals surface area contributed by atoms with Gasteiger partial charge in [-0.1, -0.05) is 6.07 Å². The molecule has 1 aliphatic heterocycles. The Morgan fingerprint density at radius 2 is 2.28 bits per heavy atom. The first-order chi connectivity index (χ1) is 8.69. The van der Waals surface area contributed by atoms with Crippen LogP contribution in [0.5, 0.6) is 0 Å². The summed E-state index contributed by atoms with van der Waals surface area (Å²) in [5.74, 6) is -0.334. The SMILES string of the molecule is NCC1CC(=O)N(c2cccc3[nH]c(=O)oc23)C1. The highest BCUT2D eigenvalue weighted by atomic mass is 16.4. The molecule has 1 aromatic carbocycles. The fourth-order valence-electron chi connectivity index (χ4n) is 2.34. The summed E-state index contributed by atoms with van der Waals surface area (Å²) in [5, 5.41) is 0. The fraction of sp³-hybridized carbons (Fsp3) is 0.333. The number of para-hydroxylation sites is 1. The van der Waals surface area contributed by atoms with Crippen molar-refractivity contribution in [2.75, 3.05) is 18.0 Å². The van der Waals surface area contributed by atoms with Crippen LogP contribution < -0.4 is 16.4 Å². The van der Waals surface area contributed by atoms with Crippen LogP contribution in [0.25, 0.3) is 11.1 Å². The van der Waals surface area contributed by atoms with Gasteiger partial charge in [-0.05, 0) is 24.6 Å². The Hall–Kier alpha value is -2.08. The van der Waals surface area contributed by atoms with E-state index in [-0.39, 0.29) is 11.8 Å². The van der Waals surface area contributed by atoms with Gasteiger partial charge in [-0.25, -0.2) is 4.79 Å². The number of hydrogen-bond acceptors (Lipinski definition) is 4. The van der Waals surface area contributed by atoms with E-state index in [1.807, 2.05) is 0 Å². The number of nitrogens with two attached hydrogens (primary N) is 1. The predicted octanol–water partition coefficient (Wildman–Crippen LogP) is 0.433. The molecule has 1 unspecified atom stereocenters. The van der Waals surface area contributed by atoms with Gasteiger partial charge >= 0.3 is 5.76 Å². The summed E-state index contributed by atoms with van der Waals surface area (Å²) in [7, 11) is 0. The number of anilines is 1. The van der Waals surface area contributed by atoms with Crippen LogP contribution in [-0.2, 0) is 4.79 Å². The number of benzene rings is 1. The molecular formula is C12H13N3O3. The first-order valence-electron chi connectivity index (χ1n) is 5.81. The molecule has 0 spiro atoms. The molecule has 3 rings (SSSR count). The van der Waals surface area contributed by atoms with Gasteiger partial charge in [0.1, 0.15) is 0 Å². The molecule has 1 saturated heterocycles. The van der Waals surface area contributed by atoms with Gasteiger partial charge < -0.3 is 15.1 Å². The van der Waals surface area contributed by atoms with Crippen molar-refractivity contribution in [3.8, 4) is 0 Å². The third-order valence-corrected chi connectivity index (χ3v) is 3.25. The van der Waals surface area contributed by atoms with Gasteiger partial charge in [-0.3, -0.25) is 9.78 Å². The van der Waals surface area contributed by atoms with E-state index in [4.69, 9.17) is 10.2 Å². The molecular weight excluding hydrogens is 234 g/mol. The summed E-state index contributed by atoms with van der Waals surface area (Å²) in [4.78, 5) is 27.4. The molecule has 1 aromatic heterocycles. The first kappa shape index (κ1) is 11.0. The summed E-state index contributed by atoms with van der Waals surface area (Å²) in [6, 6.07) is 5.30. The van der Waals surface area contributed by atoms with Crippen molar-refractivity contribution < 1.29 is 9.21 Å². The van der Waals surface area contributed by atoms with Crippen molar-refractivity contribution in [3.05, 3.63) is 28.7 Å². The number of fused-ring (bicyclic) bond motifs is 1. The number of hydrogen-bond donors (Lipinski definition) is 2. The topological polar surface area (TPSA) is 92.3 Å². The molecule has 0 radical (unpaired) electrons. The minimum Gasteiger partial charge on any atom is -0.406 e. The van der Waals surface area contributed by atoms with Crippen LogP contribution in [0.2, 0.25) is 0 Å². The highest BCUT2D eigenvalue weighted by molar-refractivity contribution is 6.02. The second kappa shape index (κ2) is 3.99. The van der Waals surface area contributed by atoms with Gasteiger partial charge in [0.15, 0.2) is 5.58 Å². The maximum atomic E-state index is 11.9. The summed E-state index contributed by atoms with van der Waals surface area (Å²) >= 11 is 0. The van der Waals surface area contributed by atoms with Crippen molar-refractivity contribution in [1.82, 2.24) is 4.98 Å². The zero-order chi connectivity index (χ0) is 12.7. The average Bonchev–Trinajstić information content (AvgIpc) is 2.90. The van der Waals surface area contributed by atoms with Crippen molar-refractivity contribution >= 4 is 22.7 Å². The lowest BCUT2D eigenvalue weighted by Gasteiger charge is -2.16. The largest absolute Gasteiger partial charge is 0.417 e. The second-order valence-corrected chi connectivity index (χ2v) is 4.48. The molecule has 6 heteroatoms. The smallest absolute Gasteiger partial charge is 0.406 e. The Morgan fingerprint density at radius 3 is 3.00 bits per heavy atom. The highest BCUT2D eigenvalue weighted by Gasteiger charge is 2.31. The highest BCUT2D eigenvalue weighted by Crippen LogP contribution is 2.30. The summed E-state index contributed by atoms with van der Waals surface area (Å²) in [6.45, 7) is 1.05. The number of aromatic nitrogens is 1. The summed E-state index contributed by atoms with van der Waals surface area (Å²) < 4.78 is 5.09. The van der Waals surface area contributed by atoms with E-state index in [0.29, 0.717) is 36.3 Å². The van der Waals surface area contributed by atoms with Crippen molar-refractivity contribution in [2.24, 2.45) is 11.7 Å². The lowest BCUT2D eigenvalue weighted by Crippen LogP contribution is -2.25. The van der Waals surface area contributed by atoms with E-state index in [2.05, 4.69) is 4.98 Å². The molecule has 0 bridgehead atoms. The Bertz CT molecular complexity index is 658. The van der Waals surface area contributed by atoms with E-state index >= 15 is 0 Å². The van der Waals surface area contributed by atoms with Crippen LogP contribution in [0, 0.1) is 5.92 Å². The van der Waals surface area contributed by atoms with E-state index in [0.717, 1.165) is 0 Å². The predicted molar refractivity (Wildman–Crippen MR) is 66.3 cm³/mol. The minimum atomic E-state index is -0.514. The van der Waals surface area contributed by atoms with Gasteiger partial charge in [-0.15, -0.1) is 0 Å². The monoisotopic (exact) mass is 247 g/mol. The maximum Gasteiger partial charge on any atom is 0.417 e. The number of carbonyl (C=O) groups excluding carboxylic acids is 1. The third kappa shape index (κ3) is 1.62. The first-order valence-corrected chi connectivity index (χ1v) is 5.81. The number of oxazole rings is 1. The van der Waals surface area contributed by atoms with E-state index < -0.39 is 5.76 Å². The Kier molecular flexibility index (Phi) is 2.45. The number of amides is 1. The fourth-order valence-corrected chi connectivity index (χ4v) is 2.34. The maximum absolute atomic E-state index is 11.9. The zero-order valence-electron chi connectivity index (χ0n) is 9.68. The molecule has 18 heavy (non-hydrogen) atoms. The third-order valence-electron chi connectivity index (χ3n) is 3.25. The number of nitrogens with zero attached hydrogens (tertiary/aromatic N) is 1. The lowest BCUT2D eigenvalue weighted by molar-refractivity contribution is -0.117. The Morgan fingerprint density at radius 1 is 1.44 bits per heavy atom. The Balaban J connectivity index is 2.09. The number of rotatable bonds is 2. The molecule has 1 aliphatic rings. The van der Waals surface area contributed by atoms with Gasteiger partial charge in [0.2, 0.25) is 5.91 Å². The van der Waals surface area contributed by atoms with Crippen LogP contribution in [-0.4, -0.2) is 24.0 Å². The van der Waals surface area contributed by atoms with Crippen LogP contribution in [0.3, 0.4) is 0 Å². The second-order valence-electron chi connectivity index (χ2n) is 4.48. The Labute approximate surface area is 102 Å². The minimum absolute atomic E-state index is 0.0156. The molecule has 6 nitrogen and oxygen atoms in total. The zero-order valence-corrected chi connectivity index (χ0v) is 9.68. The van der Waals surface area contributed by atoms with Gasteiger partial charge in [-0.2, -0.15) is 0 Å². The normalized spacial score (nSPS) is 19.9. The molecule has 0 saturated carbocycles.